The average molecular weight is 1030 g/mol. The van der Waals surface area contributed by atoms with E-state index in [-0.39, 0.29) is 24.8 Å². The zero-order valence-corrected chi connectivity index (χ0v) is 30.5. The van der Waals surface area contributed by atoms with E-state index in [1.165, 1.54) is 24.3 Å². The first-order valence-corrected chi connectivity index (χ1v) is 16.6. The minimum atomic E-state index is -6.80. The molecule has 0 saturated carbocycles. The zero-order chi connectivity index (χ0) is 33.5. The van der Waals surface area contributed by atoms with E-state index in [0.29, 0.717) is 8.95 Å². The molecule has 0 unspecified atom stereocenters. The van der Waals surface area contributed by atoms with Crippen LogP contribution in [-0.2, 0) is 29.2 Å². The molecule has 0 fully saturated rings. The van der Waals surface area contributed by atoms with Crippen molar-refractivity contribution in [2.24, 2.45) is 5.41 Å². The van der Waals surface area contributed by atoms with Crippen molar-refractivity contribution in [1.82, 2.24) is 0 Å². The minimum Gasteiger partial charge on any atom is -0.748 e. The number of esters is 3. The first-order valence-electron chi connectivity index (χ1n) is 10.3. The molecule has 0 heterocycles. The van der Waals surface area contributed by atoms with E-state index in [1.807, 2.05) is 0 Å². The molecule has 0 aliphatic rings. The van der Waals surface area contributed by atoms with Gasteiger partial charge in [-0.05, 0) is 94.9 Å². The molecule has 0 aromatic heterocycles. The number of rotatable bonds is 8. The number of carbonyl (C=O) groups excluding carboxylic acids is 3. The van der Waals surface area contributed by atoms with Gasteiger partial charge in [0.05, 0.1) is 33.8 Å². The fourth-order valence-electron chi connectivity index (χ4n) is 2.87. The van der Waals surface area contributed by atoms with Crippen LogP contribution in [0.25, 0.3) is 0 Å². The lowest BCUT2D eigenvalue weighted by Crippen LogP contribution is -2.65. The van der Waals surface area contributed by atoms with Crippen LogP contribution in [0, 0.1) is 5.41 Å². The van der Waals surface area contributed by atoms with Crippen molar-refractivity contribution in [2.75, 3.05) is 5.75 Å². The number of halogens is 12. The van der Waals surface area contributed by atoms with Crippen LogP contribution in [0.5, 0.6) is 11.5 Å². The Morgan fingerprint density at radius 3 is 1.26 bits per heavy atom. The van der Waals surface area contributed by atoms with Gasteiger partial charge in [-0.2, -0.15) is 26.3 Å². The SMILES string of the molecule is CC(C(=O)Oc1c(Br)cc(Br)cc1Br)(C(=O)Oc1c(Br)cc(Br)cc1Br)C(=O)OC(CS(=O)(=O)[O-])(C(F)(F)F)C(F)(F)F. The van der Waals surface area contributed by atoms with Gasteiger partial charge in [0.2, 0.25) is 0 Å². The van der Waals surface area contributed by atoms with Crippen molar-refractivity contribution >= 4 is 124 Å². The summed E-state index contributed by atoms with van der Waals surface area (Å²) in [6.07, 6.45) is -13.6. The number of carbonyl (C=O) groups is 3. The van der Waals surface area contributed by atoms with Crippen molar-refractivity contribution in [3.05, 3.63) is 51.1 Å². The maximum atomic E-state index is 13.9. The second-order valence-electron chi connectivity index (χ2n) is 8.22. The molecule has 0 N–H and O–H groups in total. The predicted molar refractivity (Wildman–Crippen MR) is 154 cm³/mol. The van der Waals surface area contributed by atoms with Crippen molar-refractivity contribution in [2.45, 2.75) is 24.9 Å². The van der Waals surface area contributed by atoms with Gasteiger partial charge in [-0.3, -0.25) is 4.79 Å². The Bertz CT molecular complexity index is 1450. The van der Waals surface area contributed by atoms with Gasteiger partial charge < -0.3 is 18.8 Å². The third-order valence-corrected chi connectivity index (χ3v) is 9.14. The second kappa shape index (κ2) is 13.5. The van der Waals surface area contributed by atoms with Crippen LogP contribution in [0.15, 0.2) is 51.1 Å². The van der Waals surface area contributed by atoms with E-state index in [0.717, 1.165) is 0 Å². The summed E-state index contributed by atoms with van der Waals surface area (Å²) in [5, 5.41) is 0. The van der Waals surface area contributed by atoms with Gasteiger partial charge in [0.25, 0.3) is 5.41 Å². The van der Waals surface area contributed by atoms with Crippen molar-refractivity contribution in [3.63, 3.8) is 0 Å². The van der Waals surface area contributed by atoms with Gasteiger partial charge >= 0.3 is 35.9 Å². The Hall–Kier alpha value is -0.780. The van der Waals surface area contributed by atoms with Gasteiger partial charge in [0.1, 0.15) is 0 Å². The zero-order valence-electron chi connectivity index (χ0n) is 20.1. The summed E-state index contributed by atoms with van der Waals surface area (Å²) in [7, 11) is -6.44. The minimum absolute atomic E-state index is 0.0676. The molecule has 2 aromatic carbocycles. The summed E-state index contributed by atoms with van der Waals surface area (Å²) in [4.78, 5) is 39.9. The van der Waals surface area contributed by atoms with Gasteiger partial charge in [0.15, 0.2) is 11.5 Å². The number of hydrogen-bond acceptors (Lipinski definition) is 9. The van der Waals surface area contributed by atoms with E-state index in [2.05, 4.69) is 100 Å². The van der Waals surface area contributed by atoms with Crippen LogP contribution >= 0.6 is 95.6 Å². The van der Waals surface area contributed by atoms with Crippen molar-refractivity contribution in [1.29, 1.82) is 0 Å². The Morgan fingerprint density at radius 2 is 1.00 bits per heavy atom. The molecule has 0 atom stereocenters. The Labute approximate surface area is 287 Å². The topological polar surface area (TPSA) is 136 Å². The third kappa shape index (κ3) is 8.53. The molecular formula is C21H9Br6F6O9S-. The normalized spacial score (nSPS) is 13.0. The maximum Gasteiger partial charge on any atom is 0.438 e. The van der Waals surface area contributed by atoms with Gasteiger partial charge in [-0.15, -0.1) is 0 Å². The summed E-state index contributed by atoms with van der Waals surface area (Å²) < 4.78 is 131. The highest BCUT2D eigenvalue weighted by atomic mass is 79.9. The Morgan fingerprint density at radius 1 is 0.698 bits per heavy atom. The number of benzene rings is 2. The van der Waals surface area contributed by atoms with E-state index < -0.39 is 68.6 Å². The third-order valence-electron chi connectivity index (χ3n) is 5.10. The van der Waals surface area contributed by atoms with Gasteiger partial charge in [-0.25, -0.2) is 18.0 Å². The molecule has 238 valence electrons. The molecule has 2 rings (SSSR count). The van der Waals surface area contributed by atoms with E-state index in [1.54, 1.807) is 0 Å². The summed E-state index contributed by atoms with van der Waals surface area (Å²) in [5.74, 6) is -11.6. The fourth-order valence-corrected chi connectivity index (χ4v) is 8.60. The lowest BCUT2D eigenvalue weighted by molar-refractivity contribution is -0.362. The highest BCUT2D eigenvalue weighted by molar-refractivity contribution is 9.12. The number of ether oxygens (including phenoxy) is 3. The van der Waals surface area contributed by atoms with Crippen molar-refractivity contribution in [3.8, 4) is 11.5 Å². The smallest absolute Gasteiger partial charge is 0.438 e. The molecule has 0 aliphatic carbocycles. The lowest BCUT2D eigenvalue weighted by Gasteiger charge is -2.38. The Balaban J connectivity index is 2.80. The quantitative estimate of drug-likeness (QED) is 0.0856. The molecule has 2 aromatic rings. The summed E-state index contributed by atoms with van der Waals surface area (Å²) in [6, 6.07) is 5.09. The molecule has 0 spiro atoms. The standard InChI is InChI=1S/C21H10Br6F6O9S/c1-18(15(34)40-13-9(24)2-7(22)3-10(13)25,16(35)41-14-11(26)4-8(23)5-12(14)27)17(36)42-19(20(28,29)30,21(31,32)33)6-43(37,38)39/h2-5H,6H2,1H3,(H,37,38,39)/p-1. The van der Waals surface area contributed by atoms with Crippen LogP contribution in [0.4, 0.5) is 26.3 Å². The predicted octanol–water partition coefficient (Wildman–Crippen LogP) is 7.73. The highest BCUT2D eigenvalue weighted by Crippen LogP contribution is 2.48. The maximum absolute atomic E-state index is 13.9. The number of alkyl halides is 6. The second-order valence-corrected chi connectivity index (χ2v) is 14.9. The molecule has 0 bridgehead atoms. The molecular weight excluding hydrogens is 1020 g/mol. The van der Waals surface area contributed by atoms with Gasteiger partial charge in [0, 0.05) is 8.95 Å². The van der Waals surface area contributed by atoms with Crippen LogP contribution in [0.1, 0.15) is 6.92 Å². The summed E-state index contributed by atoms with van der Waals surface area (Å²) >= 11 is 18.2. The molecule has 9 nitrogen and oxygen atoms in total. The Kier molecular flexibility index (Phi) is 12.1. The molecule has 0 saturated heterocycles. The summed E-state index contributed by atoms with van der Waals surface area (Å²) in [6.45, 7) is 0.213. The van der Waals surface area contributed by atoms with Gasteiger partial charge in [-0.1, -0.05) is 31.9 Å². The first-order chi connectivity index (χ1) is 19.3. The molecule has 22 heteroatoms. The largest absolute Gasteiger partial charge is 0.748 e. The molecule has 0 amide bonds. The van der Waals surface area contributed by atoms with E-state index in [4.69, 9.17) is 9.47 Å². The monoisotopic (exact) mass is 1020 g/mol. The van der Waals surface area contributed by atoms with Crippen LogP contribution in [0.2, 0.25) is 0 Å². The molecule has 0 aliphatic heterocycles. The first kappa shape index (κ1) is 38.4. The van der Waals surface area contributed by atoms with E-state index >= 15 is 0 Å². The lowest BCUT2D eigenvalue weighted by atomic mass is 9.90. The average Bonchev–Trinajstić information content (AvgIpc) is 2.79. The fraction of sp³-hybridized carbons (Fsp3) is 0.286. The van der Waals surface area contributed by atoms with Crippen molar-refractivity contribution < 1.29 is 67.9 Å². The summed E-state index contributed by atoms with van der Waals surface area (Å²) in [5.41, 5.74) is -9.84. The van der Waals surface area contributed by atoms with E-state index in [9.17, 15) is 53.7 Å². The van der Waals surface area contributed by atoms with Crippen LogP contribution in [-0.4, -0.2) is 54.6 Å². The molecule has 0 radical (unpaired) electrons. The number of hydrogen-bond donors (Lipinski definition) is 0. The van der Waals surface area contributed by atoms with Crippen LogP contribution < -0.4 is 9.47 Å². The molecule has 43 heavy (non-hydrogen) atoms. The highest BCUT2D eigenvalue weighted by Gasteiger charge is 2.76. The van der Waals surface area contributed by atoms with Crippen LogP contribution in [0.3, 0.4) is 0 Å².